The average Bonchev–Trinajstić information content (AvgIpc) is 3.29. The van der Waals surface area contributed by atoms with Gasteiger partial charge in [-0.3, -0.25) is 9.20 Å². The van der Waals surface area contributed by atoms with Crippen LogP contribution in [0.4, 0.5) is 5.82 Å². The highest BCUT2D eigenvalue weighted by Crippen LogP contribution is 2.41. The lowest BCUT2D eigenvalue weighted by Gasteiger charge is -2.23. The molecule has 5 rings (SSSR count). The number of aromatic nitrogens is 4. The Labute approximate surface area is 151 Å². The molecule has 1 atom stereocenters. The summed E-state index contributed by atoms with van der Waals surface area (Å²) in [4.78, 5) is 17.6. The number of hydrogen-bond donors (Lipinski definition) is 1. The van der Waals surface area contributed by atoms with Crippen molar-refractivity contribution in [2.24, 2.45) is 0 Å². The maximum absolute atomic E-state index is 12.4. The Hall–Kier alpha value is -2.64. The van der Waals surface area contributed by atoms with Gasteiger partial charge in [-0.25, -0.2) is 9.67 Å². The first-order valence-corrected chi connectivity index (χ1v) is 9.02. The minimum atomic E-state index is -0.182. The van der Waals surface area contributed by atoms with E-state index in [1.807, 2.05) is 46.3 Å². The molecule has 0 fully saturated rings. The average molecular weight is 370 g/mol. The van der Waals surface area contributed by atoms with Crippen molar-refractivity contribution in [2.45, 2.75) is 12.3 Å². The Morgan fingerprint density at radius 2 is 2.12 bits per heavy atom. The lowest BCUT2D eigenvalue weighted by molar-refractivity contribution is -0.116. The summed E-state index contributed by atoms with van der Waals surface area (Å²) in [6.45, 7) is 0. The first-order chi connectivity index (χ1) is 12.2. The van der Waals surface area contributed by atoms with Gasteiger partial charge in [0.25, 0.3) is 0 Å². The zero-order chi connectivity index (χ0) is 17.0. The molecule has 0 spiro atoms. The fraction of sp³-hybridized carbons (Fsp3) is 0.118. The van der Waals surface area contributed by atoms with Gasteiger partial charge < -0.3 is 5.32 Å². The van der Waals surface area contributed by atoms with Crippen LogP contribution in [0.5, 0.6) is 0 Å². The van der Waals surface area contributed by atoms with Crippen LogP contribution >= 0.6 is 22.9 Å². The van der Waals surface area contributed by atoms with Gasteiger partial charge in [0.15, 0.2) is 10.1 Å². The molecule has 1 aromatic carbocycles. The predicted octanol–water partition coefficient (Wildman–Crippen LogP) is 3.71. The number of thiazole rings is 1. The first kappa shape index (κ1) is 14.7. The van der Waals surface area contributed by atoms with Crippen LogP contribution in [0.15, 0.2) is 48.1 Å². The number of imidazole rings is 1. The van der Waals surface area contributed by atoms with Gasteiger partial charge >= 0.3 is 0 Å². The second-order valence-electron chi connectivity index (χ2n) is 5.84. The molecular weight excluding hydrogens is 358 g/mol. The van der Waals surface area contributed by atoms with Crippen molar-refractivity contribution < 1.29 is 4.79 Å². The lowest BCUT2D eigenvalue weighted by atomic mass is 9.91. The molecular formula is C17H12ClN5OS. The minimum Gasteiger partial charge on any atom is -0.310 e. The smallest absolute Gasteiger partial charge is 0.226 e. The van der Waals surface area contributed by atoms with Gasteiger partial charge in [0.05, 0.1) is 17.6 Å². The maximum atomic E-state index is 12.4. The second-order valence-corrected chi connectivity index (χ2v) is 7.08. The van der Waals surface area contributed by atoms with Crippen LogP contribution in [0.25, 0.3) is 10.6 Å². The summed E-state index contributed by atoms with van der Waals surface area (Å²) < 4.78 is 3.71. The molecule has 0 saturated carbocycles. The SMILES string of the molecule is O=C1CC(c2c(Cl)nc3sccn23)c2cnn(-c3ccccc3)c2N1. The Balaban J connectivity index is 1.70. The van der Waals surface area contributed by atoms with Crippen molar-refractivity contribution in [1.29, 1.82) is 0 Å². The Morgan fingerprint density at radius 3 is 2.96 bits per heavy atom. The molecule has 6 nitrogen and oxygen atoms in total. The van der Waals surface area contributed by atoms with Gasteiger partial charge in [0.1, 0.15) is 5.82 Å². The van der Waals surface area contributed by atoms with Gasteiger partial charge in [0.2, 0.25) is 5.91 Å². The third kappa shape index (κ3) is 2.20. The summed E-state index contributed by atoms with van der Waals surface area (Å²) in [5.74, 6) is 0.448. The number of carbonyl (C=O) groups is 1. The number of halogens is 1. The van der Waals surface area contributed by atoms with E-state index in [0.717, 1.165) is 21.9 Å². The molecule has 1 N–H and O–H groups in total. The highest BCUT2D eigenvalue weighted by molar-refractivity contribution is 7.15. The summed E-state index contributed by atoms with van der Waals surface area (Å²) >= 11 is 7.91. The van der Waals surface area contributed by atoms with E-state index in [-0.39, 0.29) is 11.8 Å². The van der Waals surface area contributed by atoms with Crippen molar-refractivity contribution in [3.05, 3.63) is 64.5 Å². The van der Waals surface area contributed by atoms with Crippen molar-refractivity contribution in [3.63, 3.8) is 0 Å². The number of rotatable bonds is 2. The van der Waals surface area contributed by atoms with E-state index in [2.05, 4.69) is 15.4 Å². The van der Waals surface area contributed by atoms with Crippen LogP contribution in [0, 0.1) is 0 Å². The van der Waals surface area contributed by atoms with Crippen LogP contribution in [0.3, 0.4) is 0 Å². The number of nitrogens with one attached hydrogen (secondary N) is 1. The van der Waals surface area contributed by atoms with E-state index in [9.17, 15) is 4.79 Å². The highest BCUT2D eigenvalue weighted by atomic mass is 35.5. The van der Waals surface area contributed by atoms with Crippen molar-refractivity contribution in [3.8, 4) is 5.69 Å². The predicted molar refractivity (Wildman–Crippen MR) is 96.7 cm³/mol. The largest absolute Gasteiger partial charge is 0.310 e. The van der Waals surface area contributed by atoms with E-state index in [1.54, 1.807) is 10.9 Å². The highest BCUT2D eigenvalue weighted by Gasteiger charge is 2.34. The molecule has 25 heavy (non-hydrogen) atoms. The third-order valence-electron chi connectivity index (χ3n) is 4.41. The number of carbonyl (C=O) groups excluding carboxylic acids is 1. The minimum absolute atomic E-state index is 0.0589. The molecule has 1 aliphatic rings. The van der Waals surface area contributed by atoms with E-state index >= 15 is 0 Å². The Kier molecular flexibility index (Phi) is 3.19. The topological polar surface area (TPSA) is 64.2 Å². The molecule has 0 radical (unpaired) electrons. The van der Waals surface area contributed by atoms with Gasteiger partial charge in [-0.05, 0) is 12.1 Å². The quantitative estimate of drug-likeness (QED) is 0.585. The maximum Gasteiger partial charge on any atom is 0.226 e. The van der Waals surface area contributed by atoms with E-state index in [1.165, 1.54) is 11.3 Å². The Bertz CT molecular complexity index is 1100. The number of nitrogens with zero attached hydrogens (tertiary/aromatic N) is 4. The molecule has 0 bridgehead atoms. The number of fused-ring (bicyclic) bond motifs is 2. The molecule has 1 unspecified atom stereocenters. The number of anilines is 1. The normalized spacial score (nSPS) is 16.8. The van der Waals surface area contributed by atoms with Gasteiger partial charge in [-0.15, -0.1) is 11.3 Å². The standard InChI is InChI=1S/C17H12ClN5OS/c18-15-14(22-6-7-25-17(22)21-15)11-8-13(24)20-16-12(11)9-19-23(16)10-4-2-1-3-5-10/h1-7,9,11H,8H2,(H,20,24). The van der Waals surface area contributed by atoms with E-state index in [0.29, 0.717) is 17.4 Å². The molecule has 0 aliphatic carbocycles. The third-order valence-corrected chi connectivity index (χ3v) is 5.44. The molecule has 8 heteroatoms. The van der Waals surface area contributed by atoms with Gasteiger partial charge in [-0.2, -0.15) is 5.10 Å². The number of hydrogen-bond acceptors (Lipinski definition) is 4. The van der Waals surface area contributed by atoms with Crippen LogP contribution in [-0.4, -0.2) is 25.1 Å². The summed E-state index contributed by atoms with van der Waals surface area (Å²) in [6, 6.07) is 9.72. The molecule has 4 heterocycles. The van der Waals surface area contributed by atoms with Crippen LogP contribution < -0.4 is 5.32 Å². The van der Waals surface area contributed by atoms with Gasteiger partial charge in [0, 0.05) is 29.5 Å². The van der Waals surface area contributed by atoms with Crippen LogP contribution in [0.1, 0.15) is 23.6 Å². The number of amides is 1. The van der Waals surface area contributed by atoms with E-state index in [4.69, 9.17) is 11.6 Å². The van der Waals surface area contributed by atoms with Crippen molar-refractivity contribution >= 4 is 39.6 Å². The van der Waals surface area contributed by atoms with E-state index < -0.39 is 0 Å². The number of benzene rings is 1. The zero-order valence-electron chi connectivity index (χ0n) is 12.9. The molecule has 124 valence electrons. The van der Waals surface area contributed by atoms with Gasteiger partial charge in [-0.1, -0.05) is 29.8 Å². The molecule has 4 aromatic rings. The molecule has 1 aliphatic heterocycles. The zero-order valence-corrected chi connectivity index (χ0v) is 14.5. The summed E-state index contributed by atoms with van der Waals surface area (Å²) in [6.07, 6.45) is 4.05. The molecule has 1 amide bonds. The summed E-state index contributed by atoms with van der Waals surface area (Å²) in [5.41, 5.74) is 2.67. The second kappa shape index (κ2) is 5.44. The monoisotopic (exact) mass is 369 g/mol. The first-order valence-electron chi connectivity index (χ1n) is 7.76. The Morgan fingerprint density at radius 1 is 1.28 bits per heavy atom. The fourth-order valence-corrected chi connectivity index (χ4v) is 4.39. The van der Waals surface area contributed by atoms with Crippen molar-refractivity contribution in [1.82, 2.24) is 19.2 Å². The fourth-order valence-electron chi connectivity index (χ4n) is 3.32. The van der Waals surface area contributed by atoms with Crippen LogP contribution in [0.2, 0.25) is 5.15 Å². The van der Waals surface area contributed by atoms with Crippen molar-refractivity contribution in [2.75, 3.05) is 5.32 Å². The molecule has 3 aromatic heterocycles. The summed E-state index contributed by atoms with van der Waals surface area (Å²) in [7, 11) is 0. The summed E-state index contributed by atoms with van der Waals surface area (Å²) in [5, 5.41) is 9.84. The lowest BCUT2D eigenvalue weighted by Crippen LogP contribution is -2.25. The van der Waals surface area contributed by atoms with Crippen LogP contribution in [-0.2, 0) is 4.79 Å². The number of para-hydroxylation sites is 1. The molecule has 0 saturated heterocycles.